The maximum Gasteiger partial charge on any atom is 0.337 e. The number of pyridine rings is 1. The normalized spacial score (nSPS) is 10.7. The molecule has 0 amide bonds. The lowest BCUT2D eigenvalue weighted by Crippen LogP contribution is -2.07. The van der Waals surface area contributed by atoms with Gasteiger partial charge < -0.3 is 5.11 Å². The first kappa shape index (κ1) is 12.8. The summed E-state index contributed by atoms with van der Waals surface area (Å²) in [7, 11) is 0. The predicted molar refractivity (Wildman–Crippen MR) is 70.2 cm³/mol. The van der Waals surface area contributed by atoms with Crippen molar-refractivity contribution >= 4 is 21.9 Å². The molecule has 6 heteroatoms. The molecule has 0 fully saturated rings. The quantitative estimate of drug-likeness (QED) is 0.926. The summed E-state index contributed by atoms with van der Waals surface area (Å²) in [5.74, 6) is -0.357. The molecule has 2 aromatic heterocycles. The number of rotatable bonds is 2. The number of aromatic carboxylic acids is 1. The van der Waals surface area contributed by atoms with Gasteiger partial charge in [-0.3, -0.25) is 0 Å². The minimum Gasteiger partial charge on any atom is -0.478 e. The van der Waals surface area contributed by atoms with E-state index in [1.807, 2.05) is 13.8 Å². The third-order valence-electron chi connectivity index (χ3n) is 2.72. The zero-order valence-corrected chi connectivity index (χ0v) is 11.8. The van der Waals surface area contributed by atoms with Crippen LogP contribution >= 0.6 is 15.9 Å². The summed E-state index contributed by atoms with van der Waals surface area (Å²) in [6.45, 7) is 5.49. The molecule has 5 nitrogen and oxygen atoms in total. The molecule has 0 aromatic carbocycles. The van der Waals surface area contributed by atoms with Gasteiger partial charge in [-0.15, -0.1) is 0 Å². The number of hydrogen-bond acceptors (Lipinski definition) is 3. The second-order valence-corrected chi connectivity index (χ2v) is 4.80. The Balaban J connectivity index is 2.55. The summed E-state index contributed by atoms with van der Waals surface area (Å²) in [5.41, 5.74) is 2.49. The molecule has 2 aromatic rings. The molecule has 0 saturated carbocycles. The van der Waals surface area contributed by atoms with Gasteiger partial charge >= 0.3 is 5.97 Å². The van der Waals surface area contributed by atoms with Crippen molar-refractivity contribution in [2.24, 2.45) is 0 Å². The van der Waals surface area contributed by atoms with Gasteiger partial charge in [-0.1, -0.05) is 0 Å². The van der Waals surface area contributed by atoms with Crippen LogP contribution in [-0.4, -0.2) is 25.8 Å². The van der Waals surface area contributed by atoms with Crippen molar-refractivity contribution in [2.45, 2.75) is 20.8 Å². The van der Waals surface area contributed by atoms with E-state index in [4.69, 9.17) is 5.11 Å². The molecule has 1 N–H and O–H groups in total. The number of halogens is 1. The third kappa shape index (κ3) is 2.03. The highest BCUT2D eigenvalue weighted by Gasteiger charge is 2.14. The smallest absolute Gasteiger partial charge is 0.337 e. The lowest BCUT2D eigenvalue weighted by molar-refractivity contribution is 0.0695. The van der Waals surface area contributed by atoms with E-state index in [-0.39, 0.29) is 5.56 Å². The molecule has 0 atom stereocenters. The molecule has 0 aliphatic carbocycles. The van der Waals surface area contributed by atoms with E-state index in [0.29, 0.717) is 11.5 Å². The summed E-state index contributed by atoms with van der Waals surface area (Å²) in [5, 5.41) is 13.3. The third-order valence-corrected chi connectivity index (χ3v) is 3.87. The largest absolute Gasteiger partial charge is 0.478 e. The number of hydrogen-bond donors (Lipinski definition) is 1. The molecule has 2 heterocycles. The molecule has 0 radical (unpaired) electrons. The average Bonchev–Trinajstić information content (AvgIpc) is 2.56. The monoisotopic (exact) mass is 309 g/mol. The lowest BCUT2D eigenvalue weighted by atomic mass is 10.2. The maximum absolute atomic E-state index is 10.9. The van der Waals surface area contributed by atoms with Crippen molar-refractivity contribution in [3.05, 3.63) is 39.3 Å². The maximum atomic E-state index is 10.9. The Hall–Kier alpha value is -1.69. The zero-order chi connectivity index (χ0) is 13.4. The number of carboxylic acids is 1. The number of carbonyl (C=O) groups is 1. The summed E-state index contributed by atoms with van der Waals surface area (Å²) in [4.78, 5) is 15.2. The number of aromatic nitrogens is 3. The van der Waals surface area contributed by atoms with Crippen LogP contribution in [0.2, 0.25) is 0 Å². The summed E-state index contributed by atoms with van der Waals surface area (Å²) in [6, 6.07) is 3.20. The highest BCUT2D eigenvalue weighted by Crippen LogP contribution is 2.22. The second kappa shape index (κ2) is 4.53. The highest BCUT2D eigenvalue weighted by molar-refractivity contribution is 9.10. The first-order valence-corrected chi connectivity index (χ1v) is 6.14. The Kier molecular flexibility index (Phi) is 3.21. The van der Waals surface area contributed by atoms with Crippen molar-refractivity contribution in [2.75, 3.05) is 0 Å². The summed E-state index contributed by atoms with van der Waals surface area (Å²) < 4.78 is 2.63. The van der Waals surface area contributed by atoms with Gasteiger partial charge in [0.15, 0.2) is 5.82 Å². The van der Waals surface area contributed by atoms with Crippen LogP contribution in [0, 0.1) is 20.8 Å². The highest BCUT2D eigenvalue weighted by atomic mass is 79.9. The average molecular weight is 310 g/mol. The standard InChI is InChI=1S/C12H12BrN3O2/c1-6-9(12(17)18)4-5-10(14-6)16-8(3)11(13)7(2)15-16/h4-5H,1-3H3,(H,17,18). The van der Waals surface area contributed by atoms with E-state index in [1.165, 1.54) is 0 Å². The van der Waals surface area contributed by atoms with Crippen molar-refractivity contribution in [1.82, 2.24) is 14.8 Å². The zero-order valence-electron chi connectivity index (χ0n) is 10.2. The Labute approximate surface area is 113 Å². The molecule has 0 spiro atoms. The van der Waals surface area contributed by atoms with E-state index >= 15 is 0 Å². The van der Waals surface area contributed by atoms with Crippen LogP contribution in [0.3, 0.4) is 0 Å². The molecule has 94 valence electrons. The van der Waals surface area contributed by atoms with E-state index in [0.717, 1.165) is 15.9 Å². The fraction of sp³-hybridized carbons (Fsp3) is 0.250. The fourth-order valence-electron chi connectivity index (χ4n) is 1.74. The molecule has 18 heavy (non-hydrogen) atoms. The Morgan fingerprint density at radius 2 is 1.94 bits per heavy atom. The predicted octanol–water partition coefficient (Wildman–Crippen LogP) is 2.65. The molecule has 0 aliphatic rings. The van der Waals surface area contributed by atoms with Gasteiger partial charge in [0.2, 0.25) is 0 Å². The van der Waals surface area contributed by atoms with Gasteiger partial charge in [0.05, 0.1) is 27.1 Å². The van der Waals surface area contributed by atoms with Gasteiger partial charge in [0, 0.05) is 0 Å². The number of nitrogens with zero attached hydrogens (tertiary/aromatic N) is 3. The van der Waals surface area contributed by atoms with Crippen molar-refractivity contribution < 1.29 is 9.90 Å². The number of carboxylic acid groups (broad SMARTS) is 1. The van der Waals surface area contributed by atoms with Gasteiger partial charge in [0.25, 0.3) is 0 Å². The van der Waals surface area contributed by atoms with Crippen LogP contribution in [0.15, 0.2) is 16.6 Å². The topological polar surface area (TPSA) is 68.0 Å². The minimum absolute atomic E-state index is 0.208. The SMILES string of the molecule is Cc1nc(-n2nc(C)c(Br)c2C)ccc1C(=O)O. The van der Waals surface area contributed by atoms with E-state index in [9.17, 15) is 4.79 Å². The van der Waals surface area contributed by atoms with Crippen LogP contribution in [0.1, 0.15) is 27.4 Å². The summed E-state index contributed by atoms with van der Waals surface area (Å²) >= 11 is 3.45. The van der Waals surface area contributed by atoms with Crippen molar-refractivity contribution in [3.8, 4) is 5.82 Å². The van der Waals surface area contributed by atoms with E-state index in [1.54, 1.807) is 23.7 Å². The van der Waals surface area contributed by atoms with E-state index in [2.05, 4.69) is 26.0 Å². The van der Waals surface area contributed by atoms with Gasteiger partial charge in [-0.05, 0) is 48.8 Å². The second-order valence-electron chi connectivity index (χ2n) is 4.00. The Morgan fingerprint density at radius 3 is 2.39 bits per heavy atom. The first-order chi connectivity index (χ1) is 8.41. The van der Waals surface area contributed by atoms with E-state index < -0.39 is 5.97 Å². The first-order valence-electron chi connectivity index (χ1n) is 5.35. The fourth-order valence-corrected chi connectivity index (χ4v) is 1.99. The molecule has 0 aliphatic heterocycles. The minimum atomic E-state index is -0.971. The molecule has 0 saturated heterocycles. The van der Waals surface area contributed by atoms with Crippen molar-refractivity contribution in [3.63, 3.8) is 0 Å². The van der Waals surface area contributed by atoms with Gasteiger partial charge in [-0.2, -0.15) is 5.10 Å². The summed E-state index contributed by atoms with van der Waals surface area (Å²) in [6.07, 6.45) is 0. The Bertz CT molecular complexity index is 634. The molecule has 0 unspecified atom stereocenters. The Morgan fingerprint density at radius 1 is 1.28 bits per heavy atom. The number of aryl methyl sites for hydroxylation is 2. The lowest BCUT2D eigenvalue weighted by Gasteiger charge is -2.06. The molecular formula is C12H12BrN3O2. The molecule has 0 bridgehead atoms. The van der Waals surface area contributed by atoms with Gasteiger partial charge in [-0.25, -0.2) is 14.5 Å². The molecule has 2 rings (SSSR count). The van der Waals surface area contributed by atoms with Crippen LogP contribution in [-0.2, 0) is 0 Å². The van der Waals surface area contributed by atoms with Crippen LogP contribution in [0.4, 0.5) is 0 Å². The van der Waals surface area contributed by atoms with Gasteiger partial charge in [0.1, 0.15) is 0 Å². The van der Waals surface area contributed by atoms with Crippen molar-refractivity contribution in [1.29, 1.82) is 0 Å². The van der Waals surface area contributed by atoms with Crippen LogP contribution in [0.25, 0.3) is 5.82 Å². The van der Waals surface area contributed by atoms with Crippen LogP contribution in [0.5, 0.6) is 0 Å². The molecular weight excluding hydrogens is 298 g/mol. The van der Waals surface area contributed by atoms with Crippen LogP contribution < -0.4 is 0 Å².